The molecule has 1 aromatic rings. The van der Waals surface area contributed by atoms with Crippen LogP contribution in [0.15, 0.2) is 12.1 Å². The number of thiophene rings is 1. The van der Waals surface area contributed by atoms with Crippen LogP contribution in [0.25, 0.3) is 0 Å². The van der Waals surface area contributed by atoms with Gasteiger partial charge in [-0.25, -0.2) is 0 Å². The number of halogens is 1. The predicted octanol–water partition coefficient (Wildman–Crippen LogP) is 1.28. The van der Waals surface area contributed by atoms with E-state index in [1.807, 2.05) is 6.07 Å². The summed E-state index contributed by atoms with van der Waals surface area (Å²) in [5.74, 6) is 0. The van der Waals surface area contributed by atoms with Crippen molar-refractivity contribution < 1.29 is 19.8 Å². The SMILES string of the molecule is Clc1ccc(CN2CCN(C3CCNC3)CC2)s1.O=CO.O=CO. The summed E-state index contributed by atoms with van der Waals surface area (Å²) in [4.78, 5) is 23.3. The Morgan fingerprint density at radius 2 is 1.83 bits per heavy atom. The number of rotatable bonds is 3. The fourth-order valence-corrected chi connectivity index (χ4v) is 4.02. The molecule has 3 N–H and O–H groups in total. The van der Waals surface area contributed by atoms with Crippen LogP contribution in [0.1, 0.15) is 11.3 Å². The Bertz CT molecular complexity index is 469. The normalized spacial score (nSPS) is 21.1. The Kier molecular flexibility index (Phi) is 10.6. The van der Waals surface area contributed by atoms with Crippen LogP contribution in [0.3, 0.4) is 0 Å². The molecule has 0 bridgehead atoms. The molecule has 3 heterocycles. The topological polar surface area (TPSA) is 93.1 Å². The van der Waals surface area contributed by atoms with E-state index in [9.17, 15) is 0 Å². The molecule has 2 aliphatic heterocycles. The molecule has 2 fully saturated rings. The van der Waals surface area contributed by atoms with Crippen LogP contribution in [-0.2, 0) is 16.1 Å². The molecule has 9 heteroatoms. The Balaban J connectivity index is 0.000000423. The summed E-state index contributed by atoms with van der Waals surface area (Å²) >= 11 is 7.68. The van der Waals surface area contributed by atoms with Crippen molar-refractivity contribution >= 4 is 35.9 Å². The monoisotopic (exact) mass is 377 g/mol. The third kappa shape index (κ3) is 7.59. The van der Waals surface area contributed by atoms with E-state index in [0.29, 0.717) is 0 Å². The van der Waals surface area contributed by atoms with Crippen molar-refractivity contribution in [3.8, 4) is 0 Å². The summed E-state index contributed by atoms with van der Waals surface area (Å²) in [5.41, 5.74) is 0. The third-order valence-corrected chi connectivity index (χ3v) is 5.18. The van der Waals surface area contributed by atoms with Gasteiger partial charge >= 0.3 is 0 Å². The van der Waals surface area contributed by atoms with E-state index < -0.39 is 0 Å². The van der Waals surface area contributed by atoms with Gasteiger partial charge in [0.25, 0.3) is 12.9 Å². The molecule has 0 radical (unpaired) electrons. The second-order valence-corrected chi connectivity index (χ2v) is 7.18. The molecule has 0 amide bonds. The second kappa shape index (κ2) is 12.2. The molecular weight excluding hydrogens is 354 g/mol. The van der Waals surface area contributed by atoms with E-state index in [2.05, 4.69) is 21.2 Å². The minimum atomic E-state index is -0.250. The van der Waals surface area contributed by atoms with E-state index in [0.717, 1.165) is 16.9 Å². The zero-order valence-corrected chi connectivity index (χ0v) is 15.0. The molecule has 0 saturated carbocycles. The van der Waals surface area contributed by atoms with Gasteiger partial charge < -0.3 is 15.5 Å². The molecular formula is C15H24ClN3O4S. The standard InChI is InChI=1S/C13H20ClN3S.2CH2O2/c14-13-2-1-12(18-13)10-16-5-7-17(8-6-16)11-3-4-15-9-11;2*2-1-3/h1-2,11,15H,3-10H2;2*1H,(H,2,3). The lowest BCUT2D eigenvalue weighted by Gasteiger charge is -2.37. The van der Waals surface area contributed by atoms with Gasteiger partial charge in [-0.3, -0.25) is 19.4 Å². The maximum Gasteiger partial charge on any atom is 0.290 e. The van der Waals surface area contributed by atoms with Gasteiger partial charge in [-0.2, -0.15) is 0 Å². The van der Waals surface area contributed by atoms with E-state index >= 15 is 0 Å². The molecule has 24 heavy (non-hydrogen) atoms. The molecule has 1 aromatic heterocycles. The fourth-order valence-electron chi connectivity index (χ4n) is 2.89. The fraction of sp³-hybridized carbons (Fsp3) is 0.600. The molecule has 2 aliphatic rings. The Morgan fingerprint density at radius 3 is 2.29 bits per heavy atom. The number of nitrogens with zero attached hydrogens (tertiary/aromatic N) is 2. The Labute approximate surface area is 150 Å². The lowest BCUT2D eigenvalue weighted by Crippen LogP contribution is -2.50. The largest absolute Gasteiger partial charge is 0.483 e. The number of nitrogens with one attached hydrogen (secondary N) is 1. The summed E-state index contributed by atoms with van der Waals surface area (Å²) in [7, 11) is 0. The summed E-state index contributed by atoms with van der Waals surface area (Å²) in [6.07, 6.45) is 1.32. The molecule has 136 valence electrons. The Morgan fingerprint density at radius 1 is 1.21 bits per heavy atom. The molecule has 0 aliphatic carbocycles. The molecule has 0 spiro atoms. The van der Waals surface area contributed by atoms with Crippen LogP contribution in [-0.4, -0.2) is 78.3 Å². The van der Waals surface area contributed by atoms with Crippen molar-refractivity contribution in [3.63, 3.8) is 0 Å². The predicted molar refractivity (Wildman–Crippen MR) is 94.8 cm³/mol. The van der Waals surface area contributed by atoms with Gasteiger partial charge in [-0.05, 0) is 25.1 Å². The lowest BCUT2D eigenvalue weighted by molar-refractivity contribution is -0.123. The molecule has 2 saturated heterocycles. The first-order valence-corrected chi connectivity index (χ1v) is 8.91. The number of carboxylic acid groups (broad SMARTS) is 2. The van der Waals surface area contributed by atoms with Crippen molar-refractivity contribution in [1.29, 1.82) is 0 Å². The van der Waals surface area contributed by atoms with Gasteiger partial charge in [0, 0.05) is 50.2 Å². The number of carbonyl (C=O) groups is 2. The van der Waals surface area contributed by atoms with Crippen molar-refractivity contribution in [2.45, 2.75) is 19.0 Å². The van der Waals surface area contributed by atoms with E-state index in [-0.39, 0.29) is 12.9 Å². The van der Waals surface area contributed by atoms with Crippen molar-refractivity contribution in [3.05, 3.63) is 21.3 Å². The minimum absolute atomic E-state index is 0.250. The molecule has 1 unspecified atom stereocenters. The Hall–Kier alpha value is -1.19. The smallest absolute Gasteiger partial charge is 0.290 e. The maximum atomic E-state index is 8.36. The molecule has 7 nitrogen and oxygen atoms in total. The average molecular weight is 378 g/mol. The van der Waals surface area contributed by atoms with Gasteiger partial charge in [-0.15, -0.1) is 11.3 Å². The van der Waals surface area contributed by atoms with E-state index in [1.165, 1.54) is 50.6 Å². The minimum Gasteiger partial charge on any atom is -0.483 e. The molecule has 1 atom stereocenters. The zero-order chi connectivity index (χ0) is 17.8. The maximum absolute atomic E-state index is 8.36. The lowest BCUT2D eigenvalue weighted by atomic mass is 10.2. The van der Waals surface area contributed by atoms with Gasteiger partial charge in [0.05, 0.1) is 4.34 Å². The summed E-state index contributed by atoms with van der Waals surface area (Å²) in [6, 6.07) is 4.94. The molecule has 0 aromatic carbocycles. The third-order valence-electron chi connectivity index (χ3n) is 3.97. The summed E-state index contributed by atoms with van der Waals surface area (Å²) < 4.78 is 0.903. The summed E-state index contributed by atoms with van der Waals surface area (Å²) in [5, 5.41) is 17.2. The van der Waals surface area contributed by atoms with Crippen molar-refractivity contribution in [2.75, 3.05) is 39.3 Å². The second-order valence-electron chi connectivity index (χ2n) is 5.38. The highest BCUT2D eigenvalue weighted by Gasteiger charge is 2.25. The highest BCUT2D eigenvalue weighted by atomic mass is 35.5. The zero-order valence-electron chi connectivity index (χ0n) is 13.4. The van der Waals surface area contributed by atoms with E-state index in [1.54, 1.807) is 11.3 Å². The van der Waals surface area contributed by atoms with Crippen LogP contribution in [0, 0.1) is 0 Å². The number of hydrogen-bond acceptors (Lipinski definition) is 6. The van der Waals surface area contributed by atoms with Crippen LogP contribution < -0.4 is 5.32 Å². The quantitative estimate of drug-likeness (QED) is 0.683. The number of hydrogen-bond donors (Lipinski definition) is 3. The van der Waals surface area contributed by atoms with Gasteiger partial charge in [0.1, 0.15) is 0 Å². The molecule has 3 rings (SSSR count). The first-order chi connectivity index (χ1) is 11.6. The highest BCUT2D eigenvalue weighted by Crippen LogP contribution is 2.23. The van der Waals surface area contributed by atoms with Crippen LogP contribution >= 0.6 is 22.9 Å². The van der Waals surface area contributed by atoms with Gasteiger partial charge in [-0.1, -0.05) is 11.6 Å². The van der Waals surface area contributed by atoms with Crippen LogP contribution in [0.5, 0.6) is 0 Å². The van der Waals surface area contributed by atoms with Crippen LogP contribution in [0.2, 0.25) is 4.34 Å². The van der Waals surface area contributed by atoms with Gasteiger partial charge in [0.2, 0.25) is 0 Å². The van der Waals surface area contributed by atoms with Crippen molar-refractivity contribution in [1.82, 2.24) is 15.1 Å². The highest BCUT2D eigenvalue weighted by molar-refractivity contribution is 7.16. The summed E-state index contributed by atoms with van der Waals surface area (Å²) in [6.45, 7) is 7.74. The first kappa shape index (κ1) is 20.9. The van der Waals surface area contributed by atoms with Crippen LogP contribution in [0.4, 0.5) is 0 Å². The van der Waals surface area contributed by atoms with E-state index in [4.69, 9.17) is 31.4 Å². The first-order valence-electron chi connectivity index (χ1n) is 7.71. The van der Waals surface area contributed by atoms with Crippen molar-refractivity contribution in [2.24, 2.45) is 0 Å². The van der Waals surface area contributed by atoms with Gasteiger partial charge in [0.15, 0.2) is 0 Å². The average Bonchev–Trinajstić information content (AvgIpc) is 3.22. The number of piperazine rings is 1.